The Hall–Kier alpha value is -1.65. The second-order valence-electron chi connectivity index (χ2n) is 5.12. The summed E-state index contributed by atoms with van der Waals surface area (Å²) in [7, 11) is 0. The summed E-state index contributed by atoms with van der Waals surface area (Å²) in [6.45, 7) is 4.01. The summed E-state index contributed by atoms with van der Waals surface area (Å²) >= 11 is 5.97. The first-order valence-corrected chi connectivity index (χ1v) is 7.43. The maximum absolute atomic E-state index is 12.4. The number of hydrogen-bond acceptors (Lipinski definition) is 3. The van der Waals surface area contributed by atoms with E-state index in [0.717, 1.165) is 5.39 Å². The van der Waals surface area contributed by atoms with Crippen LogP contribution in [-0.2, 0) is 0 Å². The molecule has 2 rings (SSSR count). The number of nitrogens with one attached hydrogen (secondary N) is 1. The van der Waals surface area contributed by atoms with Crippen molar-refractivity contribution < 1.29 is 9.90 Å². The monoisotopic (exact) mass is 306 g/mol. The second-order valence-corrected chi connectivity index (χ2v) is 5.51. The summed E-state index contributed by atoms with van der Waals surface area (Å²) in [6.07, 6.45) is 1.17. The van der Waals surface area contributed by atoms with Gasteiger partial charge in [-0.05, 0) is 25.0 Å². The Morgan fingerprint density at radius 2 is 2.00 bits per heavy atom. The molecule has 0 spiro atoms. The Labute approximate surface area is 129 Å². The molecule has 0 saturated heterocycles. The van der Waals surface area contributed by atoms with Crippen molar-refractivity contribution in [1.29, 1.82) is 0 Å². The number of halogens is 1. The molecular formula is C16H19ClN2O2. The van der Waals surface area contributed by atoms with E-state index in [1.54, 1.807) is 6.07 Å². The van der Waals surface area contributed by atoms with Crippen molar-refractivity contribution in [2.75, 3.05) is 6.54 Å². The highest BCUT2D eigenvalue weighted by Gasteiger charge is 2.23. The number of rotatable bonds is 5. The van der Waals surface area contributed by atoms with E-state index < -0.39 is 5.60 Å². The molecule has 2 aromatic rings. The third kappa shape index (κ3) is 3.52. The number of amides is 1. The van der Waals surface area contributed by atoms with Crippen molar-refractivity contribution in [3.05, 3.63) is 41.0 Å². The highest BCUT2D eigenvalue weighted by atomic mass is 35.5. The van der Waals surface area contributed by atoms with Crippen molar-refractivity contribution >= 4 is 28.4 Å². The van der Waals surface area contributed by atoms with Crippen LogP contribution in [0.3, 0.4) is 0 Å². The summed E-state index contributed by atoms with van der Waals surface area (Å²) in [6, 6.07) is 8.89. The highest BCUT2D eigenvalue weighted by Crippen LogP contribution is 2.21. The van der Waals surface area contributed by atoms with Crippen molar-refractivity contribution in [2.24, 2.45) is 0 Å². The number of pyridine rings is 1. The summed E-state index contributed by atoms with van der Waals surface area (Å²) in [4.78, 5) is 16.6. The Balaban J connectivity index is 2.27. The normalized spacial score (nSPS) is 11.6. The van der Waals surface area contributed by atoms with Crippen molar-refractivity contribution in [2.45, 2.75) is 32.3 Å². The first kappa shape index (κ1) is 15.7. The van der Waals surface area contributed by atoms with E-state index in [1.807, 2.05) is 38.1 Å². The van der Waals surface area contributed by atoms with Crippen LogP contribution < -0.4 is 5.32 Å². The molecule has 0 radical (unpaired) electrons. The standard InChI is InChI=1S/C16H19ClN2O2/c1-3-16(21,4-2)10-18-15(20)12-9-14(17)19-13-8-6-5-7-11(12)13/h5-9,21H,3-4,10H2,1-2H3,(H,18,20). The smallest absolute Gasteiger partial charge is 0.252 e. The molecule has 1 aromatic carbocycles. The lowest BCUT2D eigenvalue weighted by Gasteiger charge is -2.25. The fourth-order valence-corrected chi connectivity index (χ4v) is 2.37. The van der Waals surface area contributed by atoms with Crippen LogP contribution in [0.1, 0.15) is 37.0 Å². The lowest BCUT2D eigenvalue weighted by Crippen LogP contribution is -2.42. The molecule has 0 fully saturated rings. The van der Waals surface area contributed by atoms with E-state index >= 15 is 0 Å². The minimum absolute atomic E-state index is 0.215. The number of benzene rings is 1. The van der Waals surface area contributed by atoms with E-state index in [0.29, 0.717) is 23.9 Å². The predicted octanol–water partition coefficient (Wildman–Crippen LogP) is 3.17. The molecule has 5 heteroatoms. The van der Waals surface area contributed by atoms with Gasteiger partial charge >= 0.3 is 0 Å². The number of aliphatic hydroxyl groups is 1. The first-order chi connectivity index (χ1) is 9.99. The molecule has 0 unspecified atom stereocenters. The Morgan fingerprint density at radius 1 is 1.33 bits per heavy atom. The molecular weight excluding hydrogens is 288 g/mol. The fraction of sp³-hybridized carbons (Fsp3) is 0.375. The van der Waals surface area contributed by atoms with Crippen LogP contribution in [0.5, 0.6) is 0 Å². The first-order valence-electron chi connectivity index (χ1n) is 7.05. The van der Waals surface area contributed by atoms with Crippen LogP contribution in [0.25, 0.3) is 10.9 Å². The molecule has 0 aliphatic rings. The fourth-order valence-electron chi connectivity index (χ4n) is 2.17. The number of nitrogens with zero attached hydrogens (tertiary/aromatic N) is 1. The molecule has 0 aliphatic heterocycles. The number of carbonyl (C=O) groups is 1. The molecule has 0 aliphatic carbocycles. The number of para-hydroxylation sites is 1. The maximum atomic E-state index is 12.4. The number of carbonyl (C=O) groups excluding carboxylic acids is 1. The van der Waals surface area contributed by atoms with E-state index in [2.05, 4.69) is 10.3 Å². The molecule has 4 nitrogen and oxygen atoms in total. The average Bonchev–Trinajstić information content (AvgIpc) is 2.51. The molecule has 0 atom stereocenters. The Bertz CT molecular complexity index is 654. The third-order valence-corrected chi connectivity index (χ3v) is 4.02. The van der Waals surface area contributed by atoms with Gasteiger partial charge in [0.2, 0.25) is 0 Å². The largest absolute Gasteiger partial charge is 0.388 e. The van der Waals surface area contributed by atoms with Gasteiger partial charge in [0.05, 0.1) is 16.7 Å². The lowest BCUT2D eigenvalue weighted by molar-refractivity contribution is 0.0314. The lowest BCUT2D eigenvalue weighted by atomic mass is 9.97. The van der Waals surface area contributed by atoms with Gasteiger partial charge in [0.1, 0.15) is 5.15 Å². The summed E-state index contributed by atoms with van der Waals surface area (Å²) < 4.78 is 0. The van der Waals surface area contributed by atoms with Gasteiger partial charge in [0, 0.05) is 11.9 Å². The van der Waals surface area contributed by atoms with E-state index in [-0.39, 0.29) is 17.6 Å². The summed E-state index contributed by atoms with van der Waals surface area (Å²) in [5, 5.41) is 14.0. The summed E-state index contributed by atoms with van der Waals surface area (Å²) in [5.41, 5.74) is 0.277. The molecule has 0 saturated carbocycles. The quantitative estimate of drug-likeness (QED) is 0.834. The van der Waals surface area contributed by atoms with Crippen LogP contribution in [-0.4, -0.2) is 28.1 Å². The highest BCUT2D eigenvalue weighted by molar-refractivity contribution is 6.30. The van der Waals surface area contributed by atoms with Crippen LogP contribution >= 0.6 is 11.6 Å². The van der Waals surface area contributed by atoms with Crippen LogP contribution in [0.15, 0.2) is 30.3 Å². The van der Waals surface area contributed by atoms with E-state index in [9.17, 15) is 9.90 Å². The van der Waals surface area contributed by atoms with Gasteiger partial charge in [-0.3, -0.25) is 4.79 Å². The van der Waals surface area contributed by atoms with Gasteiger partial charge in [-0.25, -0.2) is 4.98 Å². The zero-order valence-electron chi connectivity index (χ0n) is 12.2. The number of hydrogen-bond donors (Lipinski definition) is 2. The van der Waals surface area contributed by atoms with Crippen LogP contribution in [0.4, 0.5) is 0 Å². The number of aromatic nitrogens is 1. The SMILES string of the molecule is CCC(O)(CC)CNC(=O)c1cc(Cl)nc2ccccc12. The van der Waals surface area contributed by atoms with Gasteiger partial charge in [-0.15, -0.1) is 0 Å². The number of fused-ring (bicyclic) bond motifs is 1. The third-order valence-electron chi connectivity index (χ3n) is 3.82. The van der Waals surface area contributed by atoms with E-state index in [4.69, 9.17) is 11.6 Å². The molecule has 1 heterocycles. The van der Waals surface area contributed by atoms with Crippen molar-refractivity contribution in [1.82, 2.24) is 10.3 Å². The minimum Gasteiger partial charge on any atom is -0.388 e. The van der Waals surface area contributed by atoms with Crippen molar-refractivity contribution in [3.63, 3.8) is 0 Å². The van der Waals surface area contributed by atoms with Gasteiger partial charge < -0.3 is 10.4 Å². The minimum atomic E-state index is -0.873. The molecule has 0 bridgehead atoms. The summed E-state index contributed by atoms with van der Waals surface area (Å²) in [5.74, 6) is -0.254. The molecule has 1 amide bonds. The van der Waals surface area contributed by atoms with Crippen molar-refractivity contribution in [3.8, 4) is 0 Å². The topological polar surface area (TPSA) is 62.2 Å². The van der Waals surface area contributed by atoms with Gasteiger partial charge in [-0.2, -0.15) is 0 Å². The van der Waals surface area contributed by atoms with E-state index in [1.165, 1.54) is 0 Å². The van der Waals surface area contributed by atoms with Crippen LogP contribution in [0.2, 0.25) is 5.15 Å². The molecule has 112 valence electrons. The Morgan fingerprint density at radius 3 is 2.67 bits per heavy atom. The van der Waals surface area contributed by atoms with Gasteiger partial charge in [0.25, 0.3) is 5.91 Å². The zero-order valence-corrected chi connectivity index (χ0v) is 12.9. The zero-order chi connectivity index (χ0) is 15.5. The van der Waals surface area contributed by atoms with Gasteiger partial charge in [-0.1, -0.05) is 43.6 Å². The second kappa shape index (κ2) is 6.41. The molecule has 2 N–H and O–H groups in total. The van der Waals surface area contributed by atoms with Crippen LogP contribution in [0, 0.1) is 0 Å². The average molecular weight is 307 g/mol. The Kier molecular flexibility index (Phi) is 4.80. The maximum Gasteiger partial charge on any atom is 0.252 e. The molecule has 1 aromatic heterocycles. The van der Waals surface area contributed by atoms with Gasteiger partial charge in [0.15, 0.2) is 0 Å². The molecule has 21 heavy (non-hydrogen) atoms. The predicted molar refractivity (Wildman–Crippen MR) is 84.6 cm³/mol.